The molecule has 2 aromatic carbocycles. The van der Waals surface area contributed by atoms with Crippen LogP contribution in [0.5, 0.6) is 5.75 Å². The van der Waals surface area contributed by atoms with Crippen LogP contribution in [0.15, 0.2) is 45.6 Å². The molecule has 0 saturated heterocycles. The van der Waals surface area contributed by atoms with Crippen LogP contribution >= 0.6 is 0 Å². The Morgan fingerprint density at radius 1 is 1.04 bits per heavy atom. The molecule has 0 fully saturated rings. The van der Waals surface area contributed by atoms with E-state index in [-0.39, 0.29) is 11.7 Å². The molecule has 0 N–H and O–H groups in total. The molecule has 1 aliphatic rings. The zero-order valence-corrected chi connectivity index (χ0v) is 15.6. The Balaban J connectivity index is 1.78. The van der Waals surface area contributed by atoms with Gasteiger partial charge in [-0.25, -0.2) is 4.79 Å². The highest BCUT2D eigenvalue weighted by molar-refractivity contribution is 5.87. The number of nitrogens with zero attached hydrogens (tertiary/aromatic N) is 1. The summed E-state index contributed by atoms with van der Waals surface area (Å²) in [6.07, 6.45) is 0. The highest BCUT2D eigenvalue weighted by Crippen LogP contribution is 2.37. The molecule has 4 rings (SSSR count). The van der Waals surface area contributed by atoms with Crippen molar-refractivity contribution >= 4 is 11.0 Å². The monoisotopic (exact) mass is 349 g/mol. The maximum atomic E-state index is 12.1. The van der Waals surface area contributed by atoms with Gasteiger partial charge in [-0.3, -0.25) is 4.90 Å². The van der Waals surface area contributed by atoms with Crippen LogP contribution in [0.1, 0.15) is 40.8 Å². The highest BCUT2D eigenvalue weighted by atomic mass is 16.5. The summed E-state index contributed by atoms with van der Waals surface area (Å²) in [5.41, 5.74) is 5.34. The minimum absolute atomic E-state index is 0.261. The van der Waals surface area contributed by atoms with Gasteiger partial charge in [-0.1, -0.05) is 30.3 Å². The van der Waals surface area contributed by atoms with Crippen LogP contribution < -0.4 is 10.4 Å². The topological polar surface area (TPSA) is 42.7 Å². The summed E-state index contributed by atoms with van der Waals surface area (Å²) < 4.78 is 11.7. The van der Waals surface area contributed by atoms with Crippen molar-refractivity contribution in [2.75, 3.05) is 6.73 Å². The van der Waals surface area contributed by atoms with Crippen LogP contribution in [0.3, 0.4) is 0 Å². The lowest BCUT2D eigenvalue weighted by Gasteiger charge is -2.34. The van der Waals surface area contributed by atoms with Crippen molar-refractivity contribution in [1.82, 2.24) is 4.90 Å². The summed E-state index contributed by atoms with van der Waals surface area (Å²) in [4.78, 5) is 14.4. The van der Waals surface area contributed by atoms with Crippen molar-refractivity contribution in [3.05, 3.63) is 74.6 Å². The maximum Gasteiger partial charge on any atom is 0.339 e. The molecule has 2 heterocycles. The summed E-state index contributed by atoms with van der Waals surface area (Å²) in [6.45, 7) is 9.29. The van der Waals surface area contributed by atoms with Crippen molar-refractivity contribution < 1.29 is 9.15 Å². The SMILES string of the molecule is Cc1c(C)c2cc3c(c(C)c2oc1=O)OCN([C@H](C)c1ccccc1)C3. The van der Waals surface area contributed by atoms with E-state index < -0.39 is 0 Å². The second-order valence-electron chi connectivity index (χ2n) is 7.11. The highest BCUT2D eigenvalue weighted by Gasteiger charge is 2.26. The van der Waals surface area contributed by atoms with Crippen molar-refractivity contribution in [2.24, 2.45) is 0 Å². The Hall–Kier alpha value is -2.59. The molecule has 0 aliphatic carbocycles. The van der Waals surface area contributed by atoms with E-state index >= 15 is 0 Å². The fourth-order valence-electron chi connectivity index (χ4n) is 3.71. The van der Waals surface area contributed by atoms with E-state index in [1.807, 2.05) is 26.8 Å². The van der Waals surface area contributed by atoms with Crippen molar-refractivity contribution in [3.8, 4) is 5.75 Å². The summed E-state index contributed by atoms with van der Waals surface area (Å²) in [5.74, 6) is 0.848. The third-order valence-electron chi connectivity index (χ3n) is 5.58. The molecule has 1 aliphatic heterocycles. The molecule has 3 aromatic rings. The van der Waals surface area contributed by atoms with Crippen LogP contribution in [0.4, 0.5) is 0 Å². The fraction of sp³-hybridized carbons (Fsp3) is 0.318. The van der Waals surface area contributed by atoms with Gasteiger partial charge in [-0.05, 0) is 44.9 Å². The van der Waals surface area contributed by atoms with Gasteiger partial charge < -0.3 is 9.15 Å². The van der Waals surface area contributed by atoms with Crippen LogP contribution in [0.2, 0.25) is 0 Å². The lowest BCUT2D eigenvalue weighted by Crippen LogP contribution is -2.34. The van der Waals surface area contributed by atoms with Gasteiger partial charge in [-0.15, -0.1) is 0 Å². The number of benzene rings is 2. The lowest BCUT2D eigenvalue weighted by atomic mass is 9.98. The molecule has 134 valence electrons. The number of aryl methyl sites for hydroxylation is 2. The Morgan fingerprint density at radius 3 is 2.50 bits per heavy atom. The molecule has 0 unspecified atom stereocenters. The maximum absolute atomic E-state index is 12.1. The molecular formula is C22H23NO3. The molecule has 4 nitrogen and oxygen atoms in total. The lowest BCUT2D eigenvalue weighted by molar-refractivity contribution is 0.0613. The first-order valence-electron chi connectivity index (χ1n) is 8.95. The quantitative estimate of drug-likeness (QED) is 0.633. The molecule has 0 amide bonds. The molecular weight excluding hydrogens is 326 g/mol. The minimum Gasteiger partial charge on any atom is -0.477 e. The van der Waals surface area contributed by atoms with Gasteiger partial charge in [0, 0.05) is 34.7 Å². The van der Waals surface area contributed by atoms with Crippen molar-refractivity contribution in [3.63, 3.8) is 0 Å². The Kier molecular flexibility index (Phi) is 4.08. The third-order valence-corrected chi connectivity index (χ3v) is 5.58. The number of hydrogen-bond donors (Lipinski definition) is 0. The average molecular weight is 349 g/mol. The molecule has 0 radical (unpaired) electrons. The summed E-state index contributed by atoms with van der Waals surface area (Å²) >= 11 is 0. The molecule has 26 heavy (non-hydrogen) atoms. The number of ether oxygens (including phenoxy) is 1. The summed E-state index contributed by atoms with van der Waals surface area (Å²) in [5, 5.41) is 0.996. The van der Waals surface area contributed by atoms with Crippen molar-refractivity contribution in [2.45, 2.75) is 40.3 Å². The van der Waals surface area contributed by atoms with E-state index in [1.54, 1.807) is 0 Å². The fourth-order valence-corrected chi connectivity index (χ4v) is 3.71. The van der Waals surface area contributed by atoms with E-state index in [4.69, 9.17) is 9.15 Å². The van der Waals surface area contributed by atoms with E-state index in [0.29, 0.717) is 17.9 Å². The van der Waals surface area contributed by atoms with Crippen LogP contribution in [0, 0.1) is 20.8 Å². The van der Waals surface area contributed by atoms with Gasteiger partial charge in [-0.2, -0.15) is 0 Å². The van der Waals surface area contributed by atoms with Gasteiger partial charge in [0.05, 0.1) is 0 Å². The first-order valence-corrected chi connectivity index (χ1v) is 8.95. The molecule has 4 heteroatoms. The Morgan fingerprint density at radius 2 is 1.77 bits per heavy atom. The van der Waals surface area contributed by atoms with Crippen molar-refractivity contribution in [1.29, 1.82) is 0 Å². The molecule has 1 atom stereocenters. The standard InChI is InChI=1S/C22H23NO3/c1-13-14(2)22(24)26-21-15(3)20-18(10-19(13)21)11-23(12-25-20)16(4)17-8-6-5-7-9-17/h5-10,16H,11-12H2,1-4H3/t16-/m1/s1. The summed E-state index contributed by atoms with van der Waals surface area (Å²) in [7, 11) is 0. The smallest absolute Gasteiger partial charge is 0.339 e. The van der Waals surface area contributed by atoms with Gasteiger partial charge in [0.15, 0.2) is 0 Å². The predicted octanol–water partition coefficient (Wildman–Crippen LogP) is 4.63. The molecule has 0 spiro atoms. The van der Waals surface area contributed by atoms with E-state index in [1.165, 1.54) is 5.56 Å². The zero-order valence-electron chi connectivity index (χ0n) is 15.6. The van der Waals surface area contributed by atoms with Gasteiger partial charge in [0.1, 0.15) is 18.1 Å². The zero-order chi connectivity index (χ0) is 18.4. The van der Waals surface area contributed by atoms with Gasteiger partial charge >= 0.3 is 5.63 Å². The predicted molar refractivity (Wildman–Crippen MR) is 103 cm³/mol. The number of rotatable bonds is 2. The van der Waals surface area contributed by atoms with Gasteiger partial charge in [0.25, 0.3) is 0 Å². The van der Waals surface area contributed by atoms with E-state index in [2.05, 4.69) is 42.2 Å². The van der Waals surface area contributed by atoms with E-state index in [0.717, 1.165) is 34.4 Å². The molecule has 0 bridgehead atoms. The third kappa shape index (κ3) is 2.61. The van der Waals surface area contributed by atoms with Gasteiger partial charge in [0.2, 0.25) is 0 Å². The Labute approximate surface area is 153 Å². The number of fused-ring (bicyclic) bond motifs is 2. The minimum atomic E-state index is -0.270. The average Bonchev–Trinajstić information content (AvgIpc) is 2.67. The first-order chi connectivity index (χ1) is 12.5. The second-order valence-corrected chi connectivity index (χ2v) is 7.11. The first kappa shape index (κ1) is 16.9. The number of hydrogen-bond acceptors (Lipinski definition) is 4. The van der Waals surface area contributed by atoms with Crippen LogP contribution in [-0.2, 0) is 6.54 Å². The second kappa shape index (κ2) is 6.29. The van der Waals surface area contributed by atoms with E-state index in [9.17, 15) is 4.79 Å². The molecule has 1 aromatic heterocycles. The molecule has 0 saturated carbocycles. The van der Waals surface area contributed by atoms with Crippen LogP contribution in [-0.4, -0.2) is 11.6 Å². The van der Waals surface area contributed by atoms with Crippen LogP contribution in [0.25, 0.3) is 11.0 Å². The normalized spacial score (nSPS) is 15.5. The largest absolute Gasteiger partial charge is 0.477 e. The Bertz CT molecular complexity index is 1040. The summed E-state index contributed by atoms with van der Waals surface area (Å²) in [6, 6.07) is 12.8.